The number of hydrogen-bond acceptors (Lipinski definition) is 5. The maximum Gasteiger partial charge on any atom is 0.358 e. The van der Waals surface area contributed by atoms with Crippen molar-refractivity contribution in [2.45, 2.75) is 59.2 Å². The number of benzene rings is 2. The number of ether oxygens (including phenoxy) is 4. The zero-order valence-corrected chi connectivity index (χ0v) is 16.3. The maximum absolute atomic E-state index is 9.96. The predicted octanol–water partition coefficient (Wildman–Crippen LogP) is 4.77. The van der Waals surface area contributed by atoms with Crippen molar-refractivity contribution >= 4 is 0 Å². The van der Waals surface area contributed by atoms with Gasteiger partial charge in [0.05, 0.1) is 0 Å². The first-order valence-electron chi connectivity index (χ1n) is 8.60. The number of rotatable bonds is 6. The van der Waals surface area contributed by atoms with E-state index in [2.05, 4.69) is 0 Å². The smallest absolute Gasteiger partial charge is 0.358 e. The zero-order valence-electron chi connectivity index (χ0n) is 16.3. The van der Waals surface area contributed by atoms with E-state index < -0.39 is 6.48 Å². The van der Waals surface area contributed by atoms with Crippen molar-refractivity contribution in [1.29, 1.82) is 0 Å². The normalized spacial score (nSPS) is 12.0. The van der Waals surface area contributed by atoms with Gasteiger partial charge in [0, 0.05) is 0 Å². The molecule has 2 aromatic rings. The molecule has 0 aliphatic rings. The van der Waals surface area contributed by atoms with Crippen LogP contribution in [0.2, 0.25) is 0 Å². The Hall–Kier alpha value is -2.40. The van der Waals surface area contributed by atoms with Crippen LogP contribution < -0.4 is 18.9 Å². The largest absolute Gasteiger partial charge is 0.488 e. The maximum atomic E-state index is 9.96. The van der Waals surface area contributed by atoms with E-state index in [0.29, 0.717) is 11.5 Å². The number of aliphatic hydroxyl groups is 1. The van der Waals surface area contributed by atoms with Crippen molar-refractivity contribution in [2.24, 2.45) is 0 Å². The molecule has 0 spiro atoms. The first-order valence-corrected chi connectivity index (χ1v) is 8.60. The van der Waals surface area contributed by atoms with E-state index in [1.165, 1.54) is 0 Å². The van der Waals surface area contributed by atoms with E-state index in [-0.39, 0.29) is 11.2 Å². The van der Waals surface area contributed by atoms with Crippen molar-refractivity contribution in [3.8, 4) is 23.0 Å². The van der Waals surface area contributed by atoms with Crippen molar-refractivity contribution in [2.75, 3.05) is 0 Å². The summed E-state index contributed by atoms with van der Waals surface area (Å²) in [5.41, 5.74) is -0.540. The van der Waals surface area contributed by atoms with Gasteiger partial charge in [0.1, 0.15) is 34.2 Å². The van der Waals surface area contributed by atoms with Crippen molar-refractivity contribution < 1.29 is 24.1 Å². The second-order valence-electron chi connectivity index (χ2n) is 7.91. The molecule has 2 aromatic carbocycles. The Morgan fingerprint density at radius 1 is 0.577 bits per heavy atom. The fourth-order valence-corrected chi connectivity index (χ4v) is 2.14. The molecule has 5 heteroatoms. The van der Waals surface area contributed by atoms with Crippen molar-refractivity contribution in [3.63, 3.8) is 0 Å². The molecule has 0 saturated heterocycles. The third-order valence-corrected chi connectivity index (χ3v) is 2.97. The molecule has 0 atom stereocenters. The van der Waals surface area contributed by atoms with E-state index in [4.69, 9.17) is 18.9 Å². The summed E-state index contributed by atoms with van der Waals surface area (Å²) in [5.74, 6) is 2.42. The van der Waals surface area contributed by atoms with Gasteiger partial charge in [-0.1, -0.05) is 0 Å². The topological polar surface area (TPSA) is 57.2 Å². The molecule has 0 aliphatic carbocycles. The third kappa shape index (κ3) is 7.23. The molecule has 0 radical (unpaired) electrons. The van der Waals surface area contributed by atoms with Crippen LogP contribution in [0.15, 0.2) is 48.5 Å². The first-order chi connectivity index (χ1) is 12.0. The summed E-state index contributed by atoms with van der Waals surface area (Å²) in [6.07, 6.45) is 0. The van der Waals surface area contributed by atoms with Crippen LogP contribution in [-0.4, -0.2) is 22.8 Å². The molecule has 0 amide bonds. The summed E-state index contributed by atoms with van der Waals surface area (Å²) in [6, 6.07) is 14.0. The summed E-state index contributed by atoms with van der Waals surface area (Å²) in [4.78, 5) is 0. The molecule has 142 valence electrons. The molecule has 0 bridgehead atoms. The molecule has 2 rings (SSSR count). The van der Waals surface area contributed by atoms with Crippen LogP contribution in [0, 0.1) is 0 Å². The minimum absolute atomic E-state index is 0.270. The minimum atomic E-state index is -1.42. The van der Waals surface area contributed by atoms with E-state index in [1.54, 1.807) is 48.5 Å². The monoisotopic (exact) mass is 360 g/mol. The Balaban J connectivity index is 1.89. The highest BCUT2D eigenvalue weighted by molar-refractivity contribution is 5.33. The van der Waals surface area contributed by atoms with Crippen molar-refractivity contribution in [3.05, 3.63) is 48.5 Å². The van der Waals surface area contributed by atoms with E-state index in [1.807, 2.05) is 41.5 Å². The molecule has 5 nitrogen and oxygen atoms in total. The van der Waals surface area contributed by atoms with Gasteiger partial charge in [0.2, 0.25) is 0 Å². The summed E-state index contributed by atoms with van der Waals surface area (Å²) in [7, 11) is 0. The molecule has 0 fully saturated rings. The summed E-state index contributed by atoms with van der Waals surface area (Å²) in [5, 5.41) is 9.96. The molecule has 0 aromatic heterocycles. The quantitative estimate of drug-likeness (QED) is 0.752. The lowest BCUT2D eigenvalue weighted by Gasteiger charge is -2.22. The van der Waals surface area contributed by atoms with Gasteiger partial charge in [-0.25, -0.2) is 0 Å². The van der Waals surface area contributed by atoms with Gasteiger partial charge in [-0.15, -0.1) is 0 Å². The molecule has 1 N–H and O–H groups in total. The summed E-state index contributed by atoms with van der Waals surface area (Å²) >= 11 is 0. The van der Waals surface area contributed by atoms with Gasteiger partial charge >= 0.3 is 6.48 Å². The van der Waals surface area contributed by atoms with Gasteiger partial charge in [-0.3, -0.25) is 0 Å². The Morgan fingerprint density at radius 3 is 1.12 bits per heavy atom. The highest BCUT2D eigenvalue weighted by Crippen LogP contribution is 2.24. The van der Waals surface area contributed by atoms with E-state index >= 15 is 0 Å². The van der Waals surface area contributed by atoms with Crippen LogP contribution in [-0.2, 0) is 0 Å². The predicted molar refractivity (Wildman–Crippen MR) is 101 cm³/mol. The van der Waals surface area contributed by atoms with Crippen LogP contribution in [0.4, 0.5) is 0 Å². The third-order valence-electron chi connectivity index (χ3n) is 2.97. The fourth-order valence-electron chi connectivity index (χ4n) is 2.14. The standard InChI is InChI=1S/C21H28O5/c1-20(2,3)25-17-11-7-15(8-12-17)23-19(22)24-16-9-13-18(14-10-16)26-21(4,5)6/h7-14,19,22H,1-6H3. The van der Waals surface area contributed by atoms with Crippen LogP contribution >= 0.6 is 0 Å². The van der Waals surface area contributed by atoms with Crippen LogP contribution in [0.3, 0.4) is 0 Å². The highest BCUT2D eigenvalue weighted by atomic mass is 16.8. The van der Waals surface area contributed by atoms with Crippen LogP contribution in [0.25, 0.3) is 0 Å². The van der Waals surface area contributed by atoms with Crippen LogP contribution in [0.5, 0.6) is 23.0 Å². The second kappa shape index (κ2) is 7.87. The Morgan fingerprint density at radius 2 is 0.846 bits per heavy atom. The lowest BCUT2D eigenvalue weighted by molar-refractivity contribution is -0.160. The average molecular weight is 360 g/mol. The number of aliphatic hydroxyl groups excluding tert-OH is 1. The van der Waals surface area contributed by atoms with Crippen LogP contribution in [0.1, 0.15) is 41.5 Å². The molecular weight excluding hydrogens is 332 g/mol. The average Bonchev–Trinajstić information content (AvgIpc) is 2.48. The van der Waals surface area contributed by atoms with E-state index in [9.17, 15) is 5.11 Å². The lowest BCUT2D eigenvalue weighted by atomic mass is 10.2. The van der Waals surface area contributed by atoms with Crippen molar-refractivity contribution in [1.82, 2.24) is 0 Å². The molecule has 0 saturated carbocycles. The summed E-state index contributed by atoms with van der Waals surface area (Å²) in [6.45, 7) is 10.5. The van der Waals surface area contributed by atoms with Gasteiger partial charge in [0.25, 0.3) is 0 Å². The SMILES string of the molecule is CC(C)(C)Oc1ccc(OC(O)Oc2ccc(OC(C)(C)C)cc2)cc1. The van der Waals surface area contributed by atoms with Gasteiger partial charge < -0.3 is 24.1 Å². The molecular formula is C21H28O5. The van der Waals surface area contributed by atoms with E-state index in [0.717, 1.165) is 11.5 Å². The first kappa shape index (κ1) is 19.9. The highest BCUT2D eigenvalue weighted by Gasteiger charge is 2.14. The molecule has 26 heavy (non-hydrogen) atoms. The van der Waals surface area contributed by atoms with Gasteiger partial charge in [-0.05, 0) is 90.1 Å². The Labute approximate surface area is 155 Å². The van der Waals surface area contributed by atoms with Gasteiger partial charge in [0.15, 0.2) is 0 Å². The zero-order chi connectivity index (χ0) is 19.4. The fraction of sp³-hybridized carbons (Fsp3) is 0.429. The number of hydrogen-bond donors (Lipinski definition) is 1. The molecule has 0 heterocycles. The molecule has 0 unspecified atom stereocenters. The molecule has 0 aliphatic heterocycles. The Kier molecular flexibility index (Phi) is 6.03. The lowest BCUT2D eigenvalue weighted by Crippen LogP contribution is -2.24. The minimum Gasteiger partial charge on any atom is -0.488 e. The van der Waals surface area contributed by atoms with Gasteiger partial charge in [-0.2, -0.15) is 0 Å². The second-order valence-corrected chi connectivity index (χ2v) is 7.91. The summed E-state index contributed by atoms with van der Waals surface area (Å²) < 4.78 is 22.2. The Bertz CT molecular complexity index is 617.